The van der Waals surface area contributed by atoms with E-state index in [2.05, 4.69) is 41.0 Å². The molecule has 0 radical (unpaired) electrons. The van der Waals surface area contributed by atoms with Gasteiger partial charge in [-0.15, -0.1) is 0 Å². The number of H-pyrrole nitrogens is 1. The minimum atomic E-state index is -0.160. The van der Waals surface area contributed by atoms with E-state index in [0.717, 1.165) is 56.6 Å². The van der Waals surface area contributed by atoms with Crippen LogP contribution in [0.2, 0.25) is 0 Å². The molecule has 5 nitrogen and oxygen atoms in total. The second-order valence-electron chi connectivity index (χ2n) is 8.30. The quantitative estimate of drug-likeness (QED) is 0.381. The number of rotatable bonds is 4. The van der Waals surface area contributed by atoms with Crippen molar-refractivity contribution in [3.8, 4) is 33.5 Å². The van der Waals surface area contributed by atoms with Crippen molar-refractivity contribution in [1.29, 1.82) is 0 Å². The summed E-state index contributed by atoms with van der Waals surface area (Å²) < 4.78 is 5.50. The van der Waals surface area contributed by atoms with E-state index in [9.17, 15) is 4.79 Å². The molecule has 6 rings (SSSR count). The van der Waals surface area contributed by atoms with Gasteiger partial charge in [-0.1, -0.05) is 60.7 Å². The summed E-state index contributed by atoms with van der Waals surface area (Å²) in [6.45, 7) is 0.729. The molecule has 4 N–H and O–H groups in total. The monoisotopic (exact) mass is 444 g/mol. The topological polar surface area (TPSA) is 86.5 Å². The lowest BCUT2D eigenvalue weighted by Gasteiger charge is -2.14. The molecule has 3 aromatic heterocycles. The summed E-state index contributed by atoms with van der Waals surface area (Å²) >= 11 is 0. The zero-order chi connectivity index (χ0) is 23.1. The Balaban J connectivity index is 1.66. The molecule has 6 aromatic rings. The Morgan fingerprint density at radius 2 is 1.62 bits per heavy atom. The normalized spacial score (nSPS) is 11.3. The van der Waals surface area contributed by atoms with E-state index >= 15 is 0 Å². The number of nitrogens with zero attached hydrogens (tertiary/aromatic N) is 1. The van der Waals surface area contributed by atoms with E-state index in [0.29, 0.717) is 10.9 Å². The van der Waals surface area contributed by atoms with Crippen molar-refractivity contribution in [2.45, 2.75) is 6.54 Å². The van der Waals surface area contributed by atoms with Crippen molar-refractivity contribution in [3.63, 3.8) is 0 Å². The molecule has 164 valence electrons. The molecule has 5 heteroatoms. The number of quaternary nitrogens is 1. The van der Waals surface area contributed by atoms with Crippen LogP contribution in [-0.2, 0) is 6.54 Å². The van der Waals surface area contributed by atoms with E-state index < -0.39 is 0 Å². The van der Waals surface area contributed by atoms with Crippen LogP contribution >= 0.6 is 0 Å². The summed E-state index contributed by atoms with van der Waals surface area (Å²) in [7, 11) is 0. The van der Waals surface area contributed by atoms with Crippen LogP contribution in [0.1, 0.15) is 5.56 Å². The lowest BCUT2D eigenvalue weighted by Crippen LogP contribution is -2.47. The minimum Gasteiger partial charge on any atom is -0.464 e. The highest BCUT2D eigenvalue weighted by atomic mass is 16.3. The summed E-state index contributed by atoms with van der Waals surface area (Å²) in [4.78, 5) is 21.0. The first kappa shape index (κ1) is 20.1. The van der Waals surface area contributed by atoms with Gasteiger partial charge in [-0.05, 0) is 35.4 Å². The van der Waals surface area contributed by atoms with Gasteiger partial charge in [-0.25, -0.2) is 4.98 Å². The molecule has 0 aliphatic rings. The van der Waals surface area contributed by atoms with Gasteiger partial charge in [0.15, 0.2) is 0 Å². The first-order valence-electron chi connectivity index (χ1n) is 11.2. The van der Waals surface area contributed by atoms with E-state index in [-0.39, 0.29) is 5.56 Å². The number of fused-ring (bicyclic) bond motifs is 2. The first-order valence-corrected chi connectivity index (χ1v) is 11.2. The highest BCUT2D eigenvalue weighted by Crippen LogP contribution is 2.36. The highest BCUT2D eigenvalue weighted by molar-refractivity contribution is 5.99. The van der Waals surface area contributed by atoms with Crippen molar-refractivity contribution in [3.05, 3.63) is 113 Å². The maximum Gasteiger partial charge on any atom is 0.257 e. The predicted molar refractivity (Wildman–Crippen MR) is 135 cm³/mol. The SMILES string of the molecule is [NH3+]Cc1ccc(-c2nc3c(-c4ccc5occc5c4)c[nH]c(=O)c3cc2-c2ccccc2)cc1. The molecule has 0 saturated heterocycles. The maximum atomic E-state index is 12.9. The van der Waals surface area contributed by atoms with Gasteiger partial charge in [0, 0.05) is 33.8 Å². The fourth-order valence-corrected chi connectivity index (χ4v) is 4.42. The van der Waals surface area contributed by atoms with Gasteiger partial charge in [0.1, 0.15) is 5.58 Å². The number of nitrogens with one attached hydrogen (secondary N) is 1. The lowest BCUT2D eigenvalue weighted by atomic mass is 9.95. The van der Waals surface area contributed by atoms with Gasteiger partial charge in [0.2, 0.25) is 0 Å². The lowest BCUT2D eigenvalue weighted by molar-refractivity contribution is -0.386. The maximum absolute atomic E-state index is 12.9. The number of hydrogen-bond acceptors (Lipinski definition) is 3. The standard InChI is InChI=1S/C29H21N3O2/c30-16-18-6-8-20(9-7-18)27-23(19-4-2-1-3-5-19)15-24-28(32-27)25(17-31-29(24)33)21-10-11-26-22(14-21)12-13-34-26/h1-15,17H,16,30H2,(H,31,33)/p+1. The average Bonchev–Trinajstić information content (AvgIpc) is 3.37. The Labute approximate surface area is 195 Å². The molecule has 0 spiro atoms. The summed E-state index contributed by atoms with van der Waals surface area (Å²) in [5.41, 5.74) is 12.1. The van der Waals surface area contributed by atoms with Crippen LogP contribution in [0.5, 0.6) is 0 Å². The third-order valence-corrected chi connectivity index (χ3v) is 6.23. The van der Waals surface area contributed by atoms with Gasteiger partial charge in [0.25, 0.3) is 5.56 Å². The number of aromatic amines is 1. The molecule has 0 saturated carbocycles. The summed E-state index contributed by atoms with van der Waals surface area (Å²) in [6.07, 6.45) is 3.42. The van der Waals surface area contributed by atoms with Crippen LogP contribution in [0.15, 0.2) is 107 Å². The van der Waals surface area contributed by atoms with Crippen molar-refractivity contribution in [2.75, 3.05) is 0 Å². The van der Waals surface area contributed by atoms with Crippen LogP contribution in [0.3, 0.4) is 0 Å². The molecule has 3 heterocycles. The Morgan fingerprint density at radius 3 is 2.41 bits per heavy atom. The Hall–Kier alpha value is -4.48. The van der Waals surface area contributed by atoms with Crippen molar-refractivity contribution >= 4 is 21.9 Å². The van der Waals surface area contributed by atoms with Gasteiger partial charge in [0.05, 0.1) is 29.4 Å². The van der Waals surface area contributed by atoms with E-state index in [4.69, 9.17) is 9.40 Å². The molecule has 0 fully saturated rings. The Bertz CT molecular complexity index is 1700. The summed E-state index contributed by atoms with van der Waals surface area (Å²) in [5, 5.41) is 1.56. The molecule has 3 aromatic carbocycles. The molecule has 0 aliphatic heterocycles. The van der Waals surface area contributed by atoms with E-state index in [1.807, 2.05) is 54.6 Å². The molecular formula is C29H22N3O2+. The first-order chi connectivity index (χ1) is 16.7. The molecular weight excluding hydrogens is 422 g/mol. The fraction of sp³-hybridized carbons (Fsp3) is 0.0345. The zero-order valence-corrected chi connectivity index (χ0v) is 18.4. The molecule has 0 amide bonds. The smallest absolute Gasteiger partial charge is 0.257 e. The van der Waals surface area contributed by atoms with Crippen LogP contribution in [-0.4, -0.2) is 9.97 Å². The Morgan fingerprint density at radius 1 is 0.824 bits per heavy atom. The fourth-order valence-electron chi connectivity index (χ4n) is 4.42. The second kappa shape index (κ2) is 8.14. The van der Waals surface area contributed by atoms with Crippen molar-refractivity contribution in [1.82, 2.24) is 9.97 Å². The van der Waals surface area contributed by atoms with Gasteiger partial charge in [-0.3, -0.25) is 4.79 Å². The molecule has 0 unspecified atom stereocenters. The number of aromatic nitrogens is 2. The number of hydrogen-bond donors (Lipinski definition) is 2. The van der Waals surface area contributed by atoms with Crippen LogP contribution < -0.4 is 11.3 Å². The Kier molecular flexibility index (Phi) is 4.82. The van der Waals surface area contributed by atoms with Crippen LogP contribution in [0.4, 0.5) is 0 Å². The molecule has 0 aliphatic carbocycles. The second-order valence-corrected chi connectivity index (χ2v) is 8.30. The number of pyridine rings is 2. The van der Waals surface area contributed by atoms with Crippen molar-refractivity contribution in [2.24, 2.45) is 0 Å². The zero-order valence-electron chi connectivity index (χ0n) is 18.4. The van der Waals surface area contributed by atoms with E-state index in [1.165, 1.54) is 0 Å². The summed E-state index contributed by atoms with van der Waals surface area (Å²) in [5.74, 6) is 0. The third-order valence-electron chi connectivity index (χ3n) is 6.23. The predicted octanol–water partition coefficient (Wildman–Crippen LogP) is 5.41. The highest BCUT2D eigenvalue weighted by Gasteiger charge is 2.16. The van der Waals surface area contributed by atoms with Gasteiger partial charge in [-0.2, -0.15) is 0 Å². The average molecular weight is 445 g/mol. The van der Waals surface area contributed by atoms with Crippen molar-refractivity contribution < 1.29 is 10.2 Å². The van der Waals surface area contributed by atoms with Crippen LogP contribution in [0.25, 0.3) is 55.4 Å². The largest absolute Gasteiger partial charge is 0.464 e. The van der Waals surface area contributed by atoms with Crippen LogP contribution in [0, 0.1) is 0 Å². The molecule has 0 bridgehead atoms. The molecule has 34 heavy (non-hydrogen) atoms. The molecule has 0 atom stereocenters. The number of benzene rings is 3. The third kappa shape index (κ3) is 3.39. The number of furan rings is 1. The van der Waals surface area contributed by atoms with Gasteiger partial charge < -0.3 is 15.1 Å². The van der Waals surface area contributed by atoms with Gasteiger partial charge >= 0.3 is 0 Å². The van der Waals surface area contributed by atoms with E-state index in [1.54, 1.807) is 12.5 Å². The summed E-state index contributed by atoms with van der Waals surface area (Å²) in [6, 6.07) is 28.3. The minimum absolute atomic E-state index is 0.160.